The van der Waals surface area contributed by atoms with Gasteiger partial charge in [0.2, 0.25) is 16.8 Å². The Balaban J connectivity index is 1.35. The average Bonchev–Trinajstić information content (AvgIpc) is 3.49. The maximum atomic E-state index is 14.7. The zero-order chi connectivity index (χ0) is 28.8. The van der Waals surface area contributed by atoms with E-state index in [0.717, 1.165) is 22.9 Å². The minimum absolute atomic E-state index is 0.0341. The molecule has 1 N–H and O–H groups in total. The van der Waals surface area contributed by atoms with Crippen molar-refractivity contribution in [3.05, 3.63) is 72.2 Å². The molecule has 15 heteroatoms. The standard InChI is InChI=1S/C25H20F5N5O4S/c1-13-17(26)8-20(35(13)40(37,38)22-7-14-4-2-3-5-21(14)39-22)23(36)32-9-15-6-19(31-12-18(15)27)16-10-33-24(34-11-16)25(28,29)30/h2-7,10-13,17,20H,8-9H2,1H3,(H,32,36). The Hall–Kier alpha value is -3.98. The highest BCUT2D eigenvalue weighted by Gasteiger charge is 2.50. The molecule has 1 aliphatic heterocycles. The molecule has 0 saturated carbocycles. The Kier molecular flexibility index (Phi) is 7.04. The number of fused-ring (bicyclic) bond motifs is 1. The van der Waals surface area contributed by atoms with Gasteiger partial charge in [-0.2, -0.15) is 17.5 Å². The van der Waals surface area contributed by atoms with Crippen molar-refractivity contribution in [2.24, 2.45) is 0 Å². The minimum atomic E-state index is -4.74. The molecule has 1 fully saturated rings. The van der Waals surface area contributed by atoms with Gasteiger partial charge in [-0.25, -0.2) is 27.2 Å². The van der Waals surface area contributed by atoms with Crippen LogP contribution in [0.1, 0.15) is 24.7 Å². The first kappa shape index (κ1) is 27.6. The van der Waals surface area contributed by atoms with Crippen LogP contribution in [0.25, 0.3) is 22.2 Å². The molecule has 40 heavy (non-hydrogen) atoms. The third kappa shape index (κ3) is 5.13. The molecule has 0 radical (unpaired) electrons. The lowest BCUT2D eigenvalue weighted by Gasteiger charge is -2.25. The van der Waals surface area contributed by atoms with E-state index < -0.39 is 70.1 Å². The number of carbonyl (C=O) groups is 1. The quantitative estimate of drug-likeness (QED) is 0.338. The normalized spacial score (nSPS) is 20.2. The van der Waals surface area contributed by atoms with Crippen LogP contribution in [-0.2, 0) is 27.5 Å². The Labute approximate surface area is 224 Å². The summed E-state index contributed by atoms with van der Waals surface area (Å²) in [6.45, 7) is 0.890. The molecule has 1 amide bonds. The molecule has 210 valence electrons. The number of rotatable bonds is 6. The minimum Gasteiger partial charge on any atom is -0.443 e. The summed E-state index contributed by atoms with van der Waals surface area (Å²) in [4.78, 5) is 23.4. The van der Waals surface area contributed by atoms with Gasteiger partial charge in [0.15, 0.2) is 0 Å². The van der Waals surface area contributed by atoms with E-state index in [1.165, 1.54) is 19.1 Å². The van der Waals surface area contributed by atoms with Crippen molar-refractivity contribution < 1.29 is 39.6 Å². The van der Waals surface area contributed by atoms with Gasteiger partial charge in [-0.1, -0.05) is 18.2 Å². The van der Waals surface area contributed by atoms with E-state index in [9.17, 15) is 35.2 Å². The molecule has 0 spiro atoms. The number of hydrogen-bond donors (Lipinski definition) is 1. The van der Waals surface area contributed by atoms with E-state index in [0.29, 0.717) is 11.0 Å². The maximum Gasteiger partial charge on any atom is 0.451 e. The monoisotopic (exact) mass is 581 g/mol. The van der Waals surface area contributed by atoms with Crippen LogP contribution in [0, 0.1) is 5.82 Å². The number of nitrogens with zero attached hydrogens (tertiary/aromatic N) is 4. The number of sulfonamides is 1. The largest absolute Gasteiger partial charge is 0.451 e. The molecule has 4 aromatic rings. The molecule has 0 bridgehead atoms. The van der Waals surface area contributed by atoms with Gasteiger partial charge in [-0.05, 0) is 19.1 Å². The lowest BCUT2D eigenvalue weighted by Crippen LogP contribution is -2.48. The average molecular weight is 582 g/mol. The number of benzene rings is 1. The lowest BCUT2D eigenvalue weighted by atomic mass is 10.1. The zero-order valence-corrected chi connectivity index (χ0v) is 21.4. The molecule has 0 aliphatic carbocycles. The molecule has 1 aliphatic rings. The van der Waals surface area contributed by atoms with Crippen molar-refractivity contribution in [3.8, 4) is 11.3 Å². The second-order valence-corrected chi connectivity index (χ2v) is 10.9. The number of furan rings is 1. The number of alkyl halides is 4. The summed E-state index contributed by atoms with van der Waals surface area (Å²) in [5, 5.41) is 2.48. The molecule has 5 rings (SSSR count). The van der Waals surface area contributed by atoms with E-state index in [1.54, 1.807) is 24.3 Å². The van der Waals surface area contributed by atoms with Gasteiger partial charge in [0.05, 0.1) is 17.9 Å². The maximum absolute atomic E-state index is 14.7. The van der Waals surface area contributed by atoms with Gasteiger partial charge < -0.3 is 9.73 Å². The van der Waals surface area contributed by atoms with E-state index in [1.807, 2.05) is 0 Å². The number of nitrogens with one attached hydrogen (secondary N) is 1. The van der Waals surface area contributed by atoms with Crippen molar-refractivity contribution in [1.29, 1.82) is 0 Å². The summed E-state index contributed by atoms with van der Waals surface area (Å²) in [7, 11) is -4.44. The fraction of sp³-hybridized carbons (Fsp3) is 0.280. The van der Waals surface area contributed by atoms with Gasteiger partial charge in [-0.3, -0.25) is 9.78 Å². The molecule has 3 atom stereocenters. The Morgan fingerprint density at radius 2 is 1.82 bits per heavy atom. The first-order chi connectivity index (χ1) is 18.9. The molecular weight excluding hydrogens is 561 g/mol. The van der Waals surface area contributed by atoms with Crippen LogP contribution in [0.15, 0.2) is 64.5 Å². The SMILES string of the molecule is CC1C(F)CC(C(=O)NCc2cc(-c3cnc(C(F)(F)F)nc3)ncc2F)N1S(=O)(=O)c1cc2ccccc2o1. The van der Waals surface area contributed by atoms with Crippen LogP contribution in [0.4, 0.5) is 22.0 Å². The predicted molar refractivity (Wildman–Crippen MR) is 130 cm³/mol. The highest BCUT2D eigenvalue weighted by molar-refractivity contribution is 7.89. The van der Waals surface area contributed by atoms with Crippen molar-refractivity contribution in [2.45, 2.75) is 49.4 Å². The zero-order valence-electron chi connectivity index (χ0n) is 20.6. The summed E-state index contributed by atoms with van der Waals surface area (Å²) in [6.07, 6.45) is -4.27. The number of halogens is 5. The number of aromatic nitrogens is 3. The van der Waals surface area contributed by atoms with Crippen LogP contribution >= 0.6 is 0 Å². The van der Waals surface area contributed by atoms with Crippen LogP contribution in [0.2, 0.25) is 0 Å². The fourth-order valence-corrected chi connectivity index (χ4v) is 6.20. The highest BCUT2D eigenvalue weighted by atomic mass is 32.2. The number of para-hydroxylation sites is 1. The first-order valence-electron chi connectivity index (χ1n) is 11.8. The van der Waals surface area contributed by atoms with Crippen LogP contribution < -0.4 is 5.32 Å². The van der Waals surface area contributed by atoms with Gasteiger partial charge in [0, 0.05) is 47.9 Å². The first-order valence-corrected chi connectivity index (χ1v) is 13.3. The molecule has 3 unspecified atom stereocenters. The Morgan fingerprint density at radius 1 is 1.12 bits per heavy atom. The van der Waals surface area contributed by atoms with Crippen molar-refractivity contribution >= 4 is 26.9 Å². The van der Waals surface area contributed by atoms with Crippen molar-refractivity contribution in [1.82, 2.24) is 24.6 Å². The van der Waals surface area contributed by atoms with Crippen LogP contribution in [0.5, 0.6) is 0 Å². The molecular formula is C25H20F5N5O4S. The van der Waals surface area contributed by atoms with Gasteiger partial charge in [-0.15, -0.1) is 0 Å². The second-order valence-electron chi connectivity index (χ2n) is 9.12. The summed E-state index contributed by atoms with van der Waals surface area (Å²) in [6, 6.07) is 6.39. The number of hydrogen-bond acceptors (Lipinski definition) is 7. The molecule has 4 heterocycles. The lowest BCUT2D eigenvalue weighted by molar-refractivity contribution is -0.145. The van der Waals surface area contributed by atoms with Crippen molar-refractivity contribution in [3.63, 3.8) is 0 Å². The molecule has 9 nitrogen and oxygen atoms in total. The predicted octanol–water partition coefficient (Wildman–Crippen LogP) is 4.25. The van der Waals surface area contributed by atoms with E-state index in [4.69, 9.17) is 4.42 Å². The molecule has 1 saturated heterocycles. The third-order valence-corrected chi connectivity index (χ3v) is 8.36. The van der Waals surface area contributed by atoms with Crippen molar-refractivity contribution in [2.75, 3.05) is 0 Å². The van der Waals surface area contributed by atoms with Gasteiger partial charge >= 0.3 is 6.18 Å². The molecule has 3 aromatic heterocycles. The van der Waals surface area contributed by atoms with E-state index >= 15 is 0 Å². The van der Waals surface area contributed by atoms with Gasteiger partial charge in [0.25, 0.3) is 10.0 Å². The Bertz CT molecular complexity index is 1640. The summed E-state index contributed by atoms with van der Waals surface area (Å²) < 4.78 is 100. The van der Waals surface area contributed by atoms with Crippen LogP contribution in [0.3, 0.4) is 0 Å². The fourth-order valence-electron chi connectivity index (χ4n) is 4.44. The second kappa shape index (κ2) is 10.2. The van der Waals surface area contributed by atoms with E-state index in [2.05, 4.69) is 20.3 Å². The summed E-state index contributed by atoms with van der Waals surface area (Å²) in [5.41, 5.74) is 0.293. The van der Waals surface area contributed by atoms with E-state index in [-0.39, 0.29) is 16.8 Å². The van der Waals surface area contributed by atoms with Gasteiger partial charge in [0.1, 0.15) is 23.6 Å². The number of carbonyl (C=O) groups excluding carboxylic acids is 1. The summed E-state index contributed by atoms with van der Waals surface area (Å²) in [5.74, 6) is -3.07. The number of pyridine rings is 1. The van der Waals surface area contributed by atoms with Crippen LogP contribution in [-0.4, -0.2) is 51.8 Å². The number of amides is 1. The summed E-state index contributed by atoms with van der Waals surface area (Å²) >= 11 is 0. The highest BCUT2D eigenvalue weighted by Crippen LogP contribution is 2.35. The third-order valence-electron chi connectivity index (χ3n) is 6.51. The topological polar surface area (TPSA) is 118 Å². The smallest absolute Gasteiger partial charge is 0.443 e. The molecule has 1 aromatic carbocycles. The Morgan fingerprint density at radius 3 is 2.50 bits per heavy atom.